The summed E-state index contributed by atoms with van der Waals surface area (Å²) in [4.78, 5) is 0. The van der Waals surface area contributed by atoms with Crippen LogP contribution in [0.4, 0.5) is 0 Å². The van der Waals surface area contributed by atoms with Crippen LogP contribution in [0, 0.1) is 0 Å². The molecule has 0 atom stereocenters. The minimum Gasteiger partial charge on any atom is -0.507 e. The Bertz CT molecular complexity index is 1080. The van der Waals surface area contributed by atoms with Crippen molar-refractivity contribution in [2.75, 3.05) is 0 Å². The fourth-order valence-electron chi connectivity index (χ4n) is 10.5. The fourth-order valence-corrected chi connectivity index (χ4v) is 10.5. The predicted molar refractivity (Wildman–Crippen MR) is 195 cm³/mol. The van der Waals surface area contributed by atoms with E-state index in [9.17, 15) is 10.2 Å². The second-order valence-corrected chi connectivity index (χ2v) is 16.2. The zero-order valence-corrected chi connectivity index (χ0v) is 29.7. The van der Waals surface area contributed by atoms with Crippen molar-refractivity contribution in [3.63, 3.8) is 0 Å². The molecule has 0 bridgehead atoms. The highest BCUT2D eigenvalue weighted by Crippen LogP contribution is 2.52. The van der Waals surface area contributed by atoms with Gasteiger partial charge in [0.15, 0.2) is 0 Å². The molecule has 0 amide bonds. The van der Waals surface area contributed by atoms with Crippen molar-refractivity contribution >= 4 is 0 Å². The third-order valence-electron chi connectivity index (χ3n) is 13.4. The number of unbranched alkanes of at least 4 members (excludes halogenated alkanes) is 2. The van der Waals surface area contributed by atoms with Crippen LogP contribution in [0.3, 0.4) is 0 Å². The fraction of sp³-hybridized carbons (Fsp3) is 0.727. The lowest BCUT2D eigenvalue weighted by Crippen LogP contribution is -2.29. The van der Waals surface area contributed by atoms with Crippen molar-refractivity contribution in [3.8, 4) is 11.5 Å². The Morgan fingerprint density at radius 1 is 0.478 bits per heavy atom. The van der Waals surface area contributed by atoms with Crippen LogP contribution in [-0.2, 0) is 5.41 Å². The van der Waals surface area contributed by atoms with Crippen LogP contribution < -0.4 is 0 Å². The molecule has 4 saturated carbocycles. The Balaban J connectivity index is 1.55. The maximum atomic E-state index is 12.1. The number of hydrogen-bond donors (Lipinski definition) is 2. The van der Waals surface area contributed by atoms with Crippen LogP contribution in [0.1, 0.15) is 231 Å². The molecule has 254 valence electrons. The molecule has 0 aromatic heterocycles. The summed E-state index contributed by atoms with van der Waals surface area (Å²) in [5.74, 6) is 3.23. The zero-order valence-electron chi connectivity index (χ0n) is 29.7. The van der Waals surface area contributed by atoms with Gasteiger partial charge in [-0.1, -0.05) is 134 Å². The van der Waals surface area contributed by atoms with E-state index in [2.05, 4.69) is 38.1 Å². The highest BCUT2D eigenvalue weighted by Gasteiger charge is 2.38. The quantitative estimate of drug-likeness (QED) is 0.244. The molecule has 4 fully saturated rings. The second kappa shape index (κ2) is 16.0. The van der Waals surface area contributed by atoms with E-state index >= 15 is 0 Å². The van der Waals surface area contributed by atoms with E-state index in [1.54, 1.807) is 0 Å². The van der Waals surface area contributed by atoms with E-state index in [1.165, 1.54) is 181 Å². The lowest BCUT2D eigenvalue weighted by atomic mass is 9.65. The maximum absolute atomic E-state index is 12.1. The second-order valence-electron chi connectivity index (χ2n) is 16.2. The minimum absolute atomic E-state index is 0.101. The molecule has 0 heterocycles. The van der Waals surface area contributed by atoms with Gasteiger partial charge in [0.25, 0.3) is 0 Å². The van der Waals surface area contributed by atoms with Gasteiger partial charge in [-0.2, -0.15) is 0 Å². The summed E-state index contributed by atoms with van der Waals surface area (Å²) >= 11 is 0. The first kappa shape index (κ1) is 33.9. The first-order valence-electron chi connectivity index (χ1n) is 20.3. The van der Waals surface area contributed by atoms with Gasteiger partial charge in [0.1, 0.15) is 11.5 Å². The van der Waals surface area contributed by atoms with Gasteiger partial charge in [0, 0.05) is 5.41 Å². The Labute approximate surface area is 282 Å². The largest absolute Gasteiger partial charge is 0.507 e. The van der Waals surface area contributed by atoms with Crippen LogP contribution in [0.15, 0.2) is 24.3 Å². The predicted octanol–water partition coefficient (Wildman–Crippen LogP) is 13.6. The van der Waals surface area contributed by atoms with Gasteiger partial charge in [0.2, 0.25) is 0 Å². The van der Waals surface area contributed by atoms with Gasteiger partial charge in [-0.25, -0.2) is 0 Å². The van der Waals surface area contributed by atoms with Crippen LogP contribution in [0.2, 0.25) is 0 Å². The van der Waals surface area contributed by atoms with Crippen molar-refractivity contribution < 1.29 is 10.2 Å². The molecule has 4 aliphatic rings. The average Bonchev–Trinajstić information content (AvgIpc) is 3.12. The lowest BCUT2D eigenvalue weighted by molar-refractivity contribution is 0.382. The van der Waals surface area contributed by atoms with Gasteiger partial charge < -0.3 is 10.2 Å². The molecule has 6 rings (SSSR count). The van der Waals surface area contributed by atoms with Gasteiger partial charge in [-0.05, 0) is 121 Å². The number of phenolic OH excluding ortho intramolecular Hbond substituents is 2. The van der Waals surface area contributed by atoms with E-state index in [1.807, 2.05) is 0 Å². The monoisotopic (exact) mass is 627 g/mol. The molecule has 4 aliphatic carbocycles. The van der Waals surface area contributed by atoms with Crippen LogP contribution in [0.25, 0.3) is 0 Å². The number of benzene rings is 2. The van der Waals surface area contributed by atoms with E-state index in [4.69, 9.17) is 0 Å². The Morgan fingerprint density at radius 2 is 0.783 bits per heavy atom. The summed E-state index contributed by atoms with van der Waals surface area (Å²) < 4.78 is 0. The van der Waals surface area contributed by atoms with Crippen LogP contribution in [0.5, 0.6) is 11.5 Å². The molecule has 2 N–H and O–H groups in total. The van der Waals surface area contributed by atoms with Crippen molar-refractivity contribution in [2.24, 2.45) is 0 Å². The summed E-state index contributed by atoms with van der Waals surface area (Å²) in [6.07, 6.45) is 31.3. The van der Waals surface area contributed by atoms with Gasteiger partial charge >= 0.3 is 0 Å². The van der Waals surface area contributed by atoms with E-state index < -0.39 is 0 Å². The molecular formula is C44H66O2. The van der Waals surface area contributed by atoms with Gasteiger partial charge in [-0.3, -0.25) is 0 Å². The van der Waals surface area contributed by atoms with Crippen LogP contribution in [-0.4, -0.2) is 10.2 Å². The number of hydrogen-bond acceptors (Lipinski definition) is 2. The maximum Gasteiger partial charge on any atom is 0.122 e. The van der Waals surface area contributed by atoms with Crippen molar-refractivity contribution in [1.82, 2.24) is 0 Å². The summed E-state index contributed by atoms with van der Waals surface area (Å²) in [5.41, 5.74) is 7.92. The average molecular weight is 627 g/mol. The molecule has 0 unspecified atom stereocenters. The van der Waals surface area contributed by atoms with Gasteiger partial charge in [-0.15, -0.1) is 0 Å². The highest BCUT2D eigenvalue weighted by atomic mass is 16.3. The molecular weight excluding hydrogens is 560 g/mol. The first-order chi connectivity index (χ1) is 22.6. The first-order valence-corrected chi connectivity index (χ1v) is 20.3. The number of aromatic hydroxyl groups is 2. The normalized spacial score (nSPS) is 21.5. The summed E-state index contributed by atoms with van der Waals surface area (Å²) in [5, 5.41) is 24.1. The topological polar surface area (TPSA) is 40.5 Å². The summed E-state index contributed by atoms with van der Waals surface area (Å²) in [7, 11) is 0. The zero-order chi connectivity index (χ0) is 31.9. The SMILES string of the molecule is CCCCCC(CC)(c1cc(C2CCCCC2)c(O)c(C2CCCCC2)c1)c1cc(C2CCCCC2)c(O)c(C2CCCCC2)c1. The molecule has 0 spiro atoms. The molecule has 0 radical (unpaired) electrons. The Hall–Kier alpha value is -1.96. The van der Waals surface area contributed by atoms with Gasteiger partial charge in [0.05, 0.1) is 0 Å². The Kier molecular flexibility index (Phi) is 11.8. The standard InChI is InChI=1S/C44H66O2/c1-3-5-18-27-44(4-2,36-28-38(32-19-10-6-11-20-32)42(45)39(29-36)33-21-12-7-13-22-33)37-30-40(34-23-14-8-15-24-34)43(46)41(31-37)35-25-16-9-17-26-35/h28-35,45-46H,3-27H2,1-2H3. The number of phenols is 2. The molecule has 2 aromatic carbocycles. The lowest BCUT2D eigenvalue weighted by Gasteiger charge is -2.39. The van der Waals surface area contributed by atoms with Crippen molar-refractivity contribution in [3.05, 3.63) is 57.6 Å². The molecule has 2 aromatic rings. The summed E-state index contributed by atoms with van der Waals surface area (Å²) in [6, 6.07) is 10.1. The Morgan fingerprint density at radius 3 is 1.04 bits per heavy atom. The molecule has 0 saturated heterocycles. The van der Waals surface area contributed by atoms with E-state index in [-0.39, 0.29) is 5.41 Å². The minimum atomic E-state index is -0.101. The summed E-state index contributed by atoms with van der Waals surface area (Å²) in [6.45, 7) is 4.77. The molecule has 2 heteroatoms. The van der Waals surface area contributed by atoms with Crippen molar-refractivity contribution in [1.29, 1.82) is 0 Å². The molecule has 2 nitrogen and oxygen atoms in total. The third-order valence-corrected chi connectivity index (χ3v) is 13.4. The number of rotatable bonds is 11. The molecule has 46 heavy (non-hydrogen) atoms. The molecule has 0 aliphatic heterocycles. The van der Waals surface area contributed by atoms with E-state index in [0.717, 1.165) is 12.8 Å². The highest BCUT2D eigenvalue weighted by molar-refractivity contribution is 5.56. The third kappa shape index (κ3) is 7.22. The van der Waals surface area contributed by atoms with E-state index in [0.29, 0.717) is 35.2 Å². The smallest absolute Gasteiger partial charge is 0.122 e. The van der Waals surface area contributed by atoms with Crippen LogP contribution >= 0.6 is 0 Å². The van der Waals surface area contributed by atoms with Crippen molar-refractivity contribution in [2.45, 2.75) is 203 Å².